The van der Waals surface area contributed by atoms with Gasteiger partial charge in [-0.25, -0.2) is 14.6 Å². The number of thiazole rings is 1. The number of ether oxygens (including phenoxy) is 1. The van der Waals surface area contributed by atoms with Crippen molar-refractivity contribution in [3.63, 3.8) is 0 Å². The molecule has 2 rings (SSSR count). The molecule has 0 saturated heterocycles. The third kappa shape index (κ3) is 4.43. The minimum Gasteiger partial charge on any atom is -0.479 e. The fourth-order valence-corrected chi connectivity index (χ4v) is 3.02. The highest BCUT2D eigenvalue weighted by Crippen LogP contribution is 2.28. The number of hydrogen-bond donors (Lipinski definition) is 1. The van der Waals surface area contributed by atoms with E-state index in [0.717, 1.165) is 21.8 Å². The lowest BCUT2D eigenvalue weighted by Gasteiger charge is -2.25. The standard InChI is InChI=1S/C15H15ClN2O4S/c1-2-18(12(14(19)20)13-17-8-11(16)23-13)15(21)22-9-10-6-4-3-5-7-10/h3-8,12H,2,9H2,1H3,(H,19,20). The van der Waals surface area contributed by atoms with Crippen molar-refractivity contribution >= 4 is 35.0 Å². The van der Waals surface area contributed by atoms with Crippen LogP contribution in [0.5, 0.6) is 0 Å². The number of carbonyl (C=O) groups excluding carboxylic acids is 1. The average molecular weight is 355 g/mol. The van der Waals surface area contributed by atoms with Crippen molar-refractivity contribution < 1.29 is 19.4 Å². The van der Waals surface area contributed by atoms with E-state index in [0.29, 0.717) is 4.34 Å². The maximum Gasteiger partial charge on any atom is 0.411 e. The zero-order valence-corrected chi connectivity index (χ0v) is 13.9. The molecule has 23 heavy (non-hydrogen) atoms. The van der Waals surface area contributed by atoms with Crippen molar-refractivity contribution in [3.8, 4) is 0 Å². The lowest BCUT2D eigenvalue weighted by Crippen LogP contribution is -2.39. The van der Waals surface area contributed by atoms with Gasteiger partial charge in [-0.1, -0.05) is 41.9 Å². The number of carboxylic acid groups (broad SMARTS) is 1. The number of aromatic nitrogens is 1. The van der Waals surface area contributed by atoms with Crippen molar-refractivity contribution in [3.05, 3.63) is 51.4 Å². The quantitative estimate of drug-likeness (QED) is 0.857. The maximum absolute atomic E-state index is 12.3. The molecule has 0 saturated carbocycles. The number of rotatable bonds is 6. The Morgan fingerprint density at radius 3 is 2.61 bits per heavy atom. The Balaban J connectivity index is 2.12. The number of hydrogen-bond acceptors (Lipinski definition) is 5. The Bertz CT molecular complexity index is 677. The van der Waals surface area contributed by atoms with Gasteiger partial charge in [0.25, 0.3) is 0 Å². The van der Waals surface area contributed by atoms with Gasteiger partial charge in [-0.15, -0.1) is 11.3 Å². The van der Waals surface area contributed by atoms with Gasteiger partial charge in [-0.05, 0) is 12.5 Å². The van der Waals surface area contributed by atoms with Crippen LogP contribution in [0.25, 0.3) is 0 Å². The fraction of sp³-hybridized carbons (Fsp3) is 0.267. The van der Waals surface area contributed by atoms with Crippen molar-refractivity contribution in [1.82, 2.24) is 9.88 Å². The minimum atomic E-state index is -1.22. The summed E-state index contributed by atoms with van der Waals surface area (Å²) in [7, 11) is 0. The summed E-state index contributed by atoms with van der Waals surface area (Å²) in [6.45, 7) is 1.91. The van der Waals surface area contributed by atoms with Crippen LogP contribution in [0.4, 0.5) is 4.79 Å². The van der Waals surface area contributed by atoms with Gasteiger partial charge in [-0.2, -0.15) is 0 Å². The van der Waals surface area contributed by atoms with Crippen LogP contribution < -0.4 is 0 Å². The van der Waals surface area contributed by atoms with E-state index in [9.17, 15) is 14.7 Å². The summed E-state index contributed by atoms with van der Waals surface area (Å²) in [6, 6.07) is 7.94. The number of carboxylic acids is 1. The van der Waals surface area contributed by atoms with Crippen LogP contribution >= 0.6 is 22.9 Å². The number of nitrogens with zero attached hydrogens (tertiary/aromatic N) is 2. The molecule has 8 heteroatoms. The Kier molecular flexibility index (Phi) is 5.95. The number of aliphatic carboxylic acids is 1. The molecular weight excluding hydrogens is 340 g/mol. The molecule has 1 unspecified atom stereocenters. The first-order chi connectivity index (χ1) is 11.0. The second-order valence-corrected chi connectivity index (χ2v) is 6.26. The molecule has 1 aromatic heterocycles. The second kappa shape index (κ2) is 7.94. The Morgan fingerprint density at radius 1 is 1.39 bits per heavy atom. The van der Waals surface area contributed by atoms with Crippen LogP contribution in [0.2, 0.25) is 4.34 Å². The van der Waals surface area contributed by atoms with Gasteiger partial charge in [0.15, 0.2) is 6.04 Å². The first-order valence-electron chi connectivity index (χ1n) is 6.84. The van der Waals surface area contributed by atoms with Crippen LogP contribution in [0.15, 0.2) is 36.5 Å². The number of likely N-dealkylation sites (N-methyl/N-ethyl adjacent to an activating group) is 1. The number of halogens is 1. The highest BCUT2D eigenvalue weighted by molar-refractivity contribution is 7.16. The van der Waals surface area contributed by atoms with Crippen LogP contribution in [-0.2, 0) is 16.1 Å². The van der Waals surface area contributed by atoms with Crippen LogP contribution in [0, 0.1) is 0 Å². The summed E-state index contributed by atoms with van der Waals surface area (Å²) >= 11 is 6.83. The zero-order chi connectivity index (χ0) is 16.8. The predicted molar refractivity (Wildman–Crippen MR) is 86.5 cm³/mol. The average Bonchev–Trinajstić information content (AvgIpc) is 2.96. The highest BCUT2D eigenvalue weighted by atomic mass is 35.5. The summed E-state index contributed by atoms with van der Waals surface area (Å²) < 4.78 is 5.57. The lowest BCUT2D eigenvalue weighted by atomic mass is 10.2. The van der Waals surface area contributed by atoms with Gasteiger partial charge in [-0.3, -0.25) is 4.90 Å². The Hall–Kier alpha value is -2.12. The SMILES string of the molecule is CCN(C(=O)OCc1ccccc1)C(C(=O)O)c1ncc(Cl)s1. The third-order valence-electron chi connectivity index (χ3n) is 3.06. The van der Waals surface area contributed by atoms with Gasteiger partial charge in [0, 0.05) is 6.54 Å². The van der Waals surface area contributed by atoms with Gasteiger partial charge in [0.1, 0.15) is 16.0 Å². The molecule has 1 amide bonds. The van der Waals surface area contributed by atoms with Gasteiger partial charge in [0.05, 0.1) is 6.20 Å². The van der Waals surface area contributed by atoms with Crippen molar-refractivity contribution in [2.75, 3.05) is 6.54 Å². The van der Waals surface area contributed by atoms with Crippen molar-refractivity contribution in [2.45, 2.75) is 19.6 Å². The minimum absolute atomic E-state index is 0.0706. The molecule has 1 atom stereocenters. The summed E-state index contributed by atoms with van der Waals surface area (Å²) in [4.78, 5) is 28.9. The molecule has 0 radical (unpaired) electrons. The van der Waals surface area contributed by atoms with Crippen LogP contribution in [-0.4, -0.2) is 33.6 Å². The van der Waals surface area contributed by atoms with E-state index in [1.54, 1.807) is 6.92 Å². The van der Waals surface area contributed by atoms with Gasteiger partial charge < -0.3 is 9.84 Å². The molecule has 0 aliphatic rings. The maximum atomic E-state index is 12.3. The molecule has 0 fully saturated rings. The summed E-state index contributed by atoms with van der Waals surface area (Å²) in [5, 5.41) is 9.68. The molecule has 122 valence electrons. The van der Waals surface area contributed by atoms with E-state index < -0.39 is 18.1 Å². The zero-order valence-electron chi connectivity index (χ0n) is 12.3. The summed E-state index contributed by atoms with van der Waals surface area (Å²) in [5.74, 6) is -1.19. The molecule has 1 N–H and O–H groups in total. The largest absolute Gasteiger partial charge is 0.479 e. The predicted octanol–water partition coefficient (Wildman–Crippen LogP) is 3.58. The first kappa shape index (κ1) is 17.2. The van der Waals surface area contributed by atoms with E-state index in [-0.39, 0.29) is 18.2 Å². The van der Waals surface area contributed by atoms with Crippen molar-refractivity contribution in [1.29, 1.82) is 0 Å². The smallest absolute Gasteiger partial charge is 0.411 e. The molecule has 0 bridgehead atoms. The van der Waals surface area contributed by atoms with Crippen molar-refractivity contribution in [2.24, 2.45) is 0 Å². The van der Waals surface area contributed by atoms with E-state index in [2.05, 4.69) is 4.98 Å². The highest BCUT2D eigenvalue weighted by Gasteiger charge is 2.33. The Labute approximate surface area is 142 Å². The fourth-order valence-electron chi connectivity index (χ4n) is 1.98. The Morgan fingerprint density at radius 2 is 2.09 bits per heavy atom. The van der Waals surface area contributed by atoms with Crippen LogP contribution in [0.3, 0.4) is 0 Å². The molecule has 1 heterocycles. The molecule has 2 aromatic rings. The van der Waals surface area contributed by atoms with Gasteiger partial charge >= 0.3 is 12.1 Å². The molecule has 1 aromatic carbocycles. The molecular formula is C15H15ClN2O4S. The third-order valence-corrected chi connectivity index (χ3v) is 4.22. The summed E-state index contributed by atoms with van der Waals surface area (Å²) in [6.07, 6.45) is 0.649. The van der Waals surface area contributed by atoms with E-state index in [1.807, 2.05) is 30.3 Å². The normalized spacial score (nSPS) is 11.7. The molecule has 0 spiro atoms. The molecule has 6 nitrogen and oxygen atoms in total. The number of benzene rings is 1. The van der Waals surface area contributed by atoms with E-state index in [1.165, 1.54) is 6.20 Å². The van der Waals surface area contributed by atoms with Gasteiger partial charge in [0.2, 0.25) is 0 Å². The van der Waals surface area contributed by atoms with Crippen LogP contribution in [0.1, 0.15) is 23.5 Å². The number of carbonyl (C=O) groups is 2. The lowest BCUT2D eigenvalue weighted by molar-refractivity contribution is -0.143. The number of amides is 1. The van der Waals surface area contributed by atoms with E-state index >= 15 is 0 Å². The van der Waals surface area contributed by atoms with E-state index in [4.69, 9.17) is 16.3 Å². The molecule has 0 aliphatic carbocycles. The first-order valence-corrected chi connectivity index (χ1v) is 8.03. The summed E-state index contributed by atoms with van der Waals surface area (Å²) in [5.41, 5.74) is 0.820. The molecule has 0 aliphatic heterocycles. The second-order valence-electron chi connectivity index (χ2n) is 4.57. The topological polar surface area (TPSA) is 79.7 Å². The monoisotopic (exact) mass is 354 g/mol.